The minimum absolute atomic E-state index is 0.0845. The standard InChI is InChI=1S/C35H44N4O4/c1-3-4-24-43-29-17-14-26(15-18-29)34(40)37-28-16-19-31(30(25-28)35(41)36-27-10-6-5-7-11-27)38-20-22-39(23-21-38)32-12-8-9-13-33(32)42-2/h8-9,12-19,25,27H,3-7,10-11,20-24H2,1-2H3,(H,36,41)(H,37,40). The smallest absolute Gasteiger partial charge is 0.255 e. The molecular formula is C35H44N4O4. The number of rotatable bonds is 11. The molecule has 2 N–H and O–H groups in total. The molecule has 2 amide bonds. The molecule has 0 radical (unpaired) electrons. The van der Waals surface area contributed by atoms with Crippen LogP contribution in [0.4, 0.5) is 17.1 Å². The second-order valence-corrected chi connectivity index (χ2v) is 11.4. The molecule has 2 fully saturated rings. The average molecular weight is 585 g/mol. The summed E-state index contributed by atoms with van der Waals surface area (Å²) in [7, 11) is 1.70. The molecule has 1 aliphatic heterocycles. The summed E-state index contributed by atoms with van der Waals surface area (Å²) < 4.78 is 11.3. The molecule has 1 aliphatic carbocycles. The van der Waals surface area contributed by atoms with Crippen molar-refractivity contribution in [2.45, 2.75) is 57.9 Å². The highest BCUT2D eigenvalue weighted by atomic mass is 16.5. The number of carbonyl (C=O) groups is 2. The maximum atomic E-state index is 13.7. The van der Waals surface area contributed by atoms with Crippen LogP contribution in [-0.2, 0) is 0 Å². The largest absolute Gasteiger partial charge is 0.495 e. The van der Waals surface area contributed by atoms with E-state index in [9.17, 15) is 9.59 Å². The fourth-order valence-electron chi connectivity index (χ4n) is 5.90. The van der Waals surface area contributed by atoms with Crippen LogP contribution in [0.5, 0.6) is 11.5 Å². The Labute approximate surface area is 255 Å². The summed E-state index contributed by atoms with van der Waals surface area (Å²) in [6.07, 6.45) is 7.58. The molecule has 0 spiro atoms. The highest BCUT2D eigenvalue weighted by Gasteiger charge is 2.25. The van der Waals surface area contributed by atoms with Crippen LogP contribution in [0.3, 0.4) is 0 Å². The molecule has 1 saturated carbocycles. The lowest BCUT2D eigenvalue weighted by Gasteiger charge is -2.38. The fourth-order valence-corrected chi connectivity index (χ4v) is 5.90. The van der Waals surface area contributed by atoms with E-state index in [0.29, 0.717) is 23.4 Å². The fraction of sp³-hybridized carbons (Fsp3) is 0.429. The summed E-state index contributed by atoms with van der Waals surface area (Å²) in [5.41, 5.74) is 3.69. The van der Waals surface area contributed by atoms with Gasteiger partial charge in [0.15, 0.2) is 0 Å². The van der Waals surface area contributed by atoms with Gasteiger partial charge in [0.1, 0.15) is 11.5 Å². The van der Waals surface area contributed by atoms with Crippen molar-refractivity contribution in [3.63, 3.8) is 0 Å². The SMILES string of the molecule is CCCCOc1ccc(C(=O)Nc2ccc(N3CCN(c4ccccc4OC)CC3)c(C(=O)NC3CCCCC3)c2)cc1. The van der Waals surface area contributed by atoms with Crippen molar-refractivity contribution < 1.29 is 19.1 Å². The minimum Gasteiger partial charge on any atom is -0.495 e. The van der Waals surface area contributed by atoms with Crippen LogP contribution in [0.2, 0.25) is 0 Å². The first-order valence-corrected chi connectivity index (χ1v) is 15.7. The number of carbonyl (C=O) groups excluding carboxylic acids is 2. The van der Waals surface area contributed by atoms with Crippen molar-refractivity contribution in [2.75, 3.05) is 55.0 Å². The van der Waals surface area contributed by atoms with Crippen molar-refractivity contribution in [2.24, 2.45) is 0 Å². The van der Waals surface area contributed by atoms with Crippen molar-refractivity contribution in [3.8, 4) is 11.5 Å². The molecule has 2 aliphatic rings. The molecular weight excluding hydrogens is 540 g/mol. The van der Waals surface area contributed by atoms with Gasteiger partial charge in [0.05, 0.1) is 25.0 Å². The zero-order valence-electron chi connectivity index (χ0n) is 25.4. The molecule has 0 bridgehead atoms. The van der Waals surface area contributed by atoms with E-state index < -0.39 is 0 Å². The number of nitrogens with one attached hydrogen (secondary N) is 2. The van der Waals surface area contributed by atoms with Gasteiger partial charge in [-0.2, -0.15) is 0 Å². The first kappa shape index (κ1) is 30.3. The lowest BCUT2D eigenvalue weighted by molar-refractivity contribution is 0.0927. The summed E-state index contributed by atoms with van der Waals surface area (Å²) in [6, 6.07) is 21.1. The molecule has 0 atom stereocenters. The Morgan fingerprint density at radius 3 is 2.23 bits per heavy atom. The van der Waals surface area contributed by atoms with Gasteiger partial charge in [-0.15, -0.1) is 0 Å². The third-order valence-corrected chi connectivity index (χ3v) is 8.37. The normalized spacial score (nSPS) is 15.6. The van der Waals surface area contributed by atoms with Gasteiger partial charge in [-0.25, -0.2) is 0 Å². The average Bonchev–Trinajstić information content (AvgIpc) is 3.05. The van der Waals surface area contributed by atoms with Crippen LogP contribution in [0.1, 0.15) is 72.6 Å². The zero-order chi connectivity index (χ0) is 30.0. The van der Waals surface area contributed by atoms with Crippen molar-refractivity contribution in [1.82, 2.24) is 5.32 Å². The highest BCUT2D eigenvalue weighted by molar-refractivity contribution is 6.06. The number of amides is 2. The van der Waals surface area contributed by atoms with E-state index in [0.717, 1.165) is 87.6 Å². The number of methoxy groups -OCH3 is 1. The Morgan fingerprint density at radius 1 is 0.837 bits per heavy atom. The second-order valence-electron chi connectivity index (χ2n) is 11.4. The molecule has 1 heterocycles. The van der Waals surface area contributed by atoms with Gasteiger partial charge >= 0.3 is 0 Å². The molecule has 8 heteroatoms. The Bertz CT molecular complexity index is 1360. The number of benzene rings is 3. The highest BCUT2D eigenvalue weighted by Crippen LogP contribution is 2.31. The lowest BCUT2D eigenvalue weighted by atomic mass is 9.95. The lowest BCUT2D eigenvalue weighted by Crippen LogP contribution is -2.47. The summed E-state index contributed by atoms with van der Waals surface area (Å²) in [4.78, 5) is 31.4. The number of piperazine rings is 1. The Morgan fingerprint density at radius 2 is 1.53 bits per heavy atom. The van der Waals surface area contributed by atoms with Gasteiger partial charge in [0, 0.05) is 49.2 Å². The Balaban J connectivity index is 1.31. The van der Waals surface area contributed by atoms with Crippen LogP contribution in [0.15, 0.2) is 66.7 Å². The number of nitrogens with zero attached hydrogens (tertiary/aromatic N) is 2. The number of ether oxygens (including phenoxy) is 2. The number of hydrogen-bond acceptors (Lipinski definition) is 6. The Kier molecular flexibility index (Phi) is 10.4. The van der Waals surface area contributed by atoms with E-state index in [1.165, 1.54) is 6.42 Å². The molecule has 3 aromatic carbocycles. The van der Waals surface area contributed by atoms with E-state index in [2.05, 4.69) is 33.4 Å². The van der Waals surface area contributed by atoms with E-state index >= 15 is 0 Å². The minimum atomic E-state index is -0.225. The van der Waals surface area contributed by atoms with E-state index in [1.54, 1.807) is 19.2 Å². The van der Waals surface area contributed by atoms with Gasteiger partial charge < -0.3 is 29.9 Å². The summed E-state index contributed by atoms with van der Waals surface area (Å²) >= 11 is 0. The molecule has 228 valence electrons. The maximum Gasteiger partial charge on any atom is 0.255 e. The maximum absolute atomic E-state index is 13.7. The van der Waals surface area contributed by atoms with Crippen LogP contribution in [-0.4, -0.2) is 57.8 Å². The molecule has 3 aromatic rings. The molecule has 8 nitrogen and oxygen atoms in total. The van der Waals surface area contributed by atoms with Crippen LogP contribution in [0.25, 0.3) is 0 Å². The summed E-state index contributed by atoms with van der Waals surface area (Å²) in [5, 5.41) is 6.28. The predicted octanol–water partition coefficient (Wildman–Crippen LogP) is 6.52. The van der Waals surface area contributed by atoms with Gasteiger partial charge in [-0.1, -0.05) is 44.7 Å². The van der Waals surface area contributed by atoms with Gasteiger partial charge in [-0.3, -0.25) is 9.59 Å². The zero-order valence-corrected chi connectivity index (χ0v) is 25.4. The quantitative estimate of drug-likeness (QED) is 0.250. The number of unbranched alkanes of at least 4 members (excludes halogenated alkanes) is 1. The van der Waals surface area contributed by atoms with Crippen LogP contribution < -0.4 is 29.9 Å². The first-order chi connectivity index (χ1) is 21.1. The molecule has 0 aromatic heterocycles. The predicted molar refractivity (Wildman–Crippen MR) is 173 cm³/mol. The Hall–Kier alpha value is -4.20. The van der Waals surface area contributed by atoms with Gasteiger partial charge in [0.2, 0.25) is 0 Å². The number of hydrogen-bond donors (Lipinski definition) is 2. The van der Waals surface area contributed by atoms with Crippen LogP contribution in [0, 0.1) is 0 Å². The third-order valence-electron chi connectivity index (χ3n) is 8.37. The summed E-state index contributed by atoms with van der Waals surface area (Å²) in [5.74, 6) is 1.31. The number of anilines is 3. The molecule has 5 rings (SSSR count). The van der Waals surface area contributed by atoms with Gasteiger partial charge in [-0.05, 0) is 73.9 Å². The van der Waals surface area contributed by atoms with Crippen LogP contribution >= 0.6 is 0 Å². The molecule has 0 unspecified atom stereocenters. The number of para-hydroxylation sites is 2. The monoisotopic (exact) mass is 584 g/mol. The summed E-state index contributed by atoms with van der Waals surface area (Å²) in [6.45, 7) is 5.93. The van der Waals surface area contributed by atoms with Crippen molar-refractivity contribution >= 4 is 28.9 Å². The molecule has 1 saturated heterocycles. The van der Waals surface area contributed by atoms with E-state index in [-0.39, 0.29) is 17.9 Å². The second kappa shape index (κ2) is 14.8. The van der Waals surface area contributed by atoms with Crippen molar-refractivity contribution in [3.05, 3.63) is 77.9 Å². The third kappa shape index (κ3) is 7.80. The van der Waals surface area contributed by atoms with Gasteiger partial charge in [0.25, 0.3) is 11.8 Å². The van der Waals surface area contributed by atoms with E-state index in [4.69, 9.17) is 9.47 Å². The topological polar surface area (TPSA) is 83.1 Å². The van der Waals surface area contributed by atoms with E-state index in [1.807, 2.05) is 48.5 Å². The molecule has 43 heavy (non-hydrogen) atoms. The van der Waals surface area contributed by atoms with Crippen molar-refractivity contribution in [1.29, 1.82) is 0 Å². The first-order valence-electron chi connectivity index (χ1n) is 15.7.